The molecule has 23 aromatic carbocycles. The van der Waals surface area contributed by atoms with Crippen LogP contribution in [0.2, 0.25) is 0 Å². The predicted molar refractivity (Wildman–Crippen MR) is 621 cm³/mol. The molecule has 6 heteroatoms. The van der Waals surface area contributed by atoms with Crippen LogP contribution in [0.25, 0.3) is 101 Å². The van der Waals surface area contributed by atoms with Gasteiger partial charge in [-0.2, -0.15) is 0 Å². The highest BCUT2D eigenvalue weighted by Crippen LogP contribution is 2.51. The van der Waals surface area contributed by atoms with Gasteiger partial charge in [0.1, 0.15) is 0 Å². The summed E-state index contributed by atoms with van der Waals surface area (Å²) in [5.41, 5.74) is 34.1. The summed E-state index contributed by atoms with van der Waals surface area (Å²) < 4.78 is 0. The molecule has 23 aromatic rings. The van der Waals surface area contributed by atoms with Crippen LogP contribution in [-0.4, -0.2) is 0 Å². The van der Waals surface area contributed by atoms with E-state index in [1.165, 1.54) is 115 Å². The van der Waals surface area contributed by atoms with Crippen molar-refractivity contribution in [3.05, 3.63) is 576 Å². The van der Waals surface area contributed by atoms with E-state index in [1.54, 1.807) is 0 Å². The number of hydrogen-bond donors (Lipinski definition) is 0. The molecule has 23 rings (SSSR count). The maximum Gasteiger partial charge on any atom is 0.0468 e. The van der Waals surface area contributed by atoms with E-state index >= 15 is 0 Å². The molecule has 0 radical (unpaired) electrons. The number of para-hydroxylation sites is 3. The monoisotopic (exact) mass is 1850 g/mol. The molecule has 0 unspecified atom stereocenters. The van der Waals surface area contributed by atoms with Crippen molar-refractivity contribution in [2.45, 2.75) is 41.5 Å². The lowest BCUT2D eigenvalue weighted by molar-refractivity contribution is 1.26. The van der Waals surface area contributed by atoms with Gasteiger partial charge in [-0.15, -0.1) is 0 Å². The quantitative estimate of drug-likeness (QED) is 0.0440. The first-order valence-corrected chi connectivity index (χ1v) is 49.5. The first-order valence-electron chi connectivity index (χ1n) is 49.5. The number of aryl methyl sites for hydroxylation is 6. The second kappa shape index (κ2) is 41.0. The summed E-state index contributed by atoms with van der Waals surface area (Å²) in [5.74, 6) is 0. The Morgan fingerprint density at radius 2 is 0.236 bits per heavy atom. The fourth-order valence-electron chi connectivity index (χ4n) is 20.3. The Balaban J connectivity index is 0.000000170. The van der Waals surface area contributed by atoms with Gasteiger partial charge < -0.3 is 29.4 Å². The summed E-state index contributed by atoms with van der Waals surface area (Å²) in [6.07, 6.45) is 13.0. The molecule has 0 aromatic heterocycles. The van der Waals surface area contributed by atoms with E-state index in [-0.39, 0.29) is 0 Å². The van der Waals surface area contributed by atoms with Crippen molar-refractivity contribution in [1.29, 1.82) is 0 Å². The van der Waals surface area contributed by atoms with Crippen LogP contribution in [0.5, 0.6) is 0 Å². The summed E-state index contributed by atoms with van der Waals surface area (Å²) >= 11 is 0. The van der Waals surface area contributed by atoms with Crippen LogP contribution in [0.3, 0.4) is 0 Å². The Hall–Kier alpha value is -18.4. The highest BCUT2D eigenvalue weighted by molar-refractivity contribution is 6.29. The van der Waals surface area contributed by atoms with Gasteiger partial charge in [0, 0.05) is 102 Å². The van der Waals surface area contributed by atoms with Crippen LogP contribution >= 0.6 is 0 Å². The minimum atomic E-state index is 1.07. The molecule has 0 aliphatic heterocycles. The molecule has 0 N–H and O–H groups in total. The van der Waals surface area contributed by atoms with Crippen LogP contribution in [-0.2, 0) is 0 Å². The van der Waals surface area contributed by atoms with E-state index in [0.29, 0.717) is 0 Å². The first-order chi connectivity index (χ1) is 70.8. The molecule has 0 aliphatic carbocycles. The molecule has 0 bridgehead atoms. The summed E-state index contributed by atoms with van der Waals surface area (Å²) in [5, 5.41) is 14.3. The molecular formula is C138H108N6. The fraction of sp³-hybridized carbons (Fsp3) is 0.0435. The van der Waals surface area contributed by atoms with Gasteiger partial charge in [0.25, 0.3) is 0 Å². The topological polar surface area (TPSA) is 19.4 Å². The average Bonchev–Trinajstić information content (AvgIpc) is 0.728. The number of fused-ring (bicyclic) bond motifs is 12. The molecular weight excluding hydrogens is 1740 g/mol. The maximum absolute atomic E-state index is 2.41. The number of nitrogens with zero attached hydrogens (tertiary/aromatic N) is 6. The predicted octanol–water partition coefficient (Wildman–Crippen LogP) is 39.5. The molecule has 0 fully saturated rings. The van der Waals surface area contributed by atoms with Crippen LogP contribution in [0.15, 0.2) is 510 Å². The summed E-state index contributed by atoms with van der Waals surface area (Å²) in [6, 6.07) is 185. The minimum absolute atomic E-state index is 1.07. The standard InChI is InChI=1S/C78H57N3.C60H51N3/c1-7-19-58(20-8-1)31-34-61-37-43-67(44-38-61)79(64-25-13-4-14-26-64)70-49-52-73-76(55-70)74-53-50-71(80(65-27-15-5-16-28-65)68-45-39-62(40-46-68)35-32-59-21-9-2-10-22-59)57-78(74)75-54-51-72(56-77(73)75)81(66-29-17-6-18-30-66)69-47-41-63(42-48-69)36-33-60-23-11-3-12-24-60;1-40-13-7-19-46(31-40)61(47-20-8-14-41(2)32-47)52-25-28-55-58(37-52)56-29-26-53(62(48-21-9-15-42(3)33-48)49-22-10-16-43(4)34-49)39-60(56)57-30-27-54(38-59(55)57)63(50-23-11-17-44(5)35-50)51-24-12-18-45(6)36-51/h1-57H;7-39H,1-6H3/b34-31+,35-32+,36-33+;. The van der Waals surface area contributed by atoms with Crippen molar-refractivity contribution in [3.63, 3.8) is 0 Å². The van der Waals surface area contributed by atoms with Crippen molar-refractivity contribution in [2.24, 2.45) is 0 Å². The minimum Gasteiger partial charge on any atom is -0.310 e. The zero-order valence-electron chi connectivity index (χ0n) is 81.6. The molecule has 0 saturated carbocycles. The van der Waals surface area contributed by atoms with Crippen molar-refractivity contribution >= 4 is 203 Å². The molecule has 6 nitrogen and oxygen atoms in total. The molecule has 0 aliphatic rings. The Kier molecular flexibility index (Phi) is 25.8. The summed E-state index contributed by atoms with van der Waals surface area (Å²) in [4.78, 5) is 14.3. The molecule has 690 valence electrons. The van der Waals surface area contributed by atoms with Gasteiger partial charge in [-0.05, 0) is 391 Å². The summed E-state index contributed by atoms with van der Waals surface area (Å²) in [6.45, 7) is 13.0. The Labute approximate surface area is 844 Å². The maximum atomic E-state index is 2.41. The second-order valence-electron chi connectivity index (χ2n) is 37.4. The van der Waals surface area contributed by atoms with E-state index in [0.717, 1.165) is 119 Å². The van der Waals surface area contributed by atoms with Gasteiger partial charge in [-0.1, -0.05) is 328 Å². The van der Waals surface area contributed by atoms with E-state index in [1.807, 2.05) is 0 Å². The molecule has 144 heavy (non-hydrogen) atoms. The van der Waals surface area contributed by atoms with Gasteiger partial charge in [0.15, 0.2) is 0 Å². The van der Waals surface area contributed by atoms with Crippen molar-refractivity contribution in [2.75, 3.05) is 29.4 Å². The normalized spacial score (nSPS) is 11.5. The molecule has 0 heterocycles. The Morgan fingerprint density at radius 1 is 0.104 bits per heavy atom. The Bertz CT molecular complexity index is 7680. The average molecular weight is 1850 g/mol. The zero-order chi connectivity index (χ0) is 97.4. The van der Waals surface area contributed by atoms with E-state index in [9.17, 15) is 0 Å². The van der Waals surface area contributed by atoms with E-state index in [2.05, 4.69) is 617 Å². The van der Waals surface area contributed by atoms with Gasteiger partial charge in [-0.25, -0.2) is 0 Å². The highest BCUT2D eigenvalue weighted by atomic mass is 15.2. The molecule has 0 amide bonds. The summed E-state index contributed by atoms with van der Waals surface area (Å²) in [7, 11) is 0. The Morgan fingerprint density at radius 3 is 0.410 bits per heavy atom. The van der Waals surface area contributed by atoms with E-state index < -0.39 is 0 Å². The molecule has 0 saturated heterocycles. The number of anilines is 18. The van der Waals surface area contributed by atoms with Gasteiger partial charge in [0.2, 0.25) is 0 Å². The highest BCUT2D eigenvalue weighted by Gasteiger charge is 2.26. The second-order valence-corrected chi connectivity index (χ2v) is 37.4. The number of benzene rings is 23. The SMILES string of the molecule is C(=C\c1ccc(N(c2ccccc2)c2ccc3c(c2)c2ccc(N(c4ccccc4)c4ccc(/C=C/c5ccccc5)cc4)cc2c2ccc(N(c4ccccc4)c4ccc(/C=C/c5ccccc5)cc4)cc32)cc1)/c1ccccc1.Cc1cccc(N(c2cccc(C)c2)c2ccc3c(c2)c2ccc(N(c4cccc(C)c4)c4cccc(C)c4)cc2c2ccc(N(c4cccc(C)c4)c4cccc(C)c4)cc32)c1. The van der Waals surface area contributed by atoms with Crippen molar-refractivity contribution in [1.82, 2.24) is 0 Å². The van der Waals surface area contributed by atoms with Gasteiger partial charge in [-0.3, -0.25) is 0 Å². The van der Waals surface area contributed by atoms with Gasteiger partial charge in [0.05, 0.1) is 0 Å². The van der Waals surface area contributed by atoms with Crippen LogP contribution in [0.1, 0.15) is 66.8 Å². The number of rotatable bonds is 24. The third kappa shape index (κ3) is 19.5. The van der Waals surface area contributed by atoms with Crippen LogP contribution in [0.4, 0.5) is 102 Å². The van der Waals surface area contributed by atoms with Gasteiger partial charge >= 0.3 is 0 Å². The van der Waals surface area contributed by atoms with Crippen LogP contribution < -0.4 is 29.4 Å². The van der Waals surface area contributed by atoms with Crippen LogP contribution in [0, 0.1) is 41.5 Å². The van der Waals surface area contributed by atoms with E-state index in [4.69, 9.17) is 0 Å². The van der Waals surface area contributed by atoms with Crippen molar-refractivity contribution in [3.8, 4) is 0 Å². The third-order valence-electron chi connectivity index (χ3n) is 27.2. The smallest absolute Gasteiger partial charge is 0.0468 e. The molecule has 0 atom stereocenters. The number of hydrogen-bond acceptors (Lipinski definition) is 6. The lowest BCUT2D eigenvalue weighted by Gasteiger charge is -2.28. The fourth-order valence-corrected chi connectivity index (χ4v) is 20.3. The third-order valence-corrected chi connectivity index (χ3v) is 27.2. The lowest BCUT2D eigenvalue weighted by Crippen LogP contribution is -2.11. The first kappa shape index (κ1) is 90.8. The molecule has 0 spiro atoms. The largest absolute Gasteiger partial charge is 0.310 e. The van der Waals surface area contributed by atoms with Crippen molar-refractivity contribution < 1.29 is 0 Å². The lowest BCUT2D eigenvalue weighted by atomic mass is 9.92. The zero-order valence-corrected chi connectivity index (χ0v) is 81.6.